The summed E-state index contributed by atoms with van der Waals surface area (Å²) in [6, 6.07) is 8.95. The molecule has 0 aromatic heterocycles. The van der Waals surface area contributed by atoms with E-state index in [1.165, 1.54) is 12.1 Å². The summed E-state index contributed by atoms with van der Waals surface area (Å²) in [5, 5.41) is 0. The van der Waals surface area contributed by atoms with E-state index >= 15 is 0 Å². The van der Waals surface area contributed by atoms with Crippen LogP contribution < -0.4 is 0 Å². The van der Waals surface area contributed by atoms with Crippen LogP contribution in [0.5, 0.6) is 0 Å². The molecule has 0 aliphatic carbocycles. The van der Waals surface area contributed by atoms with Gasteiger partial charge in [-0.05, 0) is 26.8 Å². The molecular weight excluding hydrogens is 316 g/mol. The largest absolute Gasteiger partial charge is 0.449 e. The van der Waals surface area contributed by atoms with Gasteiger partial charge in [-0.25, -0.2) is 14.4 Å². The van der Waals surface area contributed by atoms with Crippen LogP contribution >= 0.6 is 0 Å². The van der Waals surface area contributed by atoms with Crippen LogP contribution in [0.2, 0.25) is 0 Å². The first-order valence-corrected chi connectivity index (χ1v) is 7.40. The van der Waals surface area contributed by atoms with E-state index in [1.54, 1.807) is 32.9 Å². The molecule has 0 fully saturated rings. The fourth-order valence-electron chi connectivity index (χ4n) is 1.65. The minimum atomic E-state index is -1.01. The number of nitrogens with zero attached hydrogens (tertiary/aromatic N) is 2. The van der Waals surface area contributed by atoms with E-state index in [0.717, 1.165) is 0 Å². The molecule has 1 aromatic rings. The Hall–Kier alpha value is -2.90. The number of aliphatic imine (C=N–C) groups is 1. The molecule has 129 valence electrons. The molecule has 24 heavy (non-hydrogen) atoms. The first-order valence-electron chi connectivity index (χ1n) is 7.40. The first kappa shape index (κ1) is 19.1. The molecule has 0 spiro atoms. The van der Waals surface area contributed by atoms with Crippen molar-refractivity contribution in [3.05, 3.63) is 35.9 Å². The molecule has 1 rings (SSSR count). The van der Waals surface area contributed by atoms with Gasteiger partial charge in [0.2, 0.25) is 0 Å². The van der Waals surface area contributed by atoms with Gasteiger partial charge in [0.15, 0.2) is 5.84 Å². The molecule has 0 saturated carbocycles. The van der Waals surface area contributed by atoms with Crippen LogP contribution in [0.25, 0.3) is 0 Å². The molecule has 0 heterocycles. The maximum absolute atomic E-state index is 12.2. The molecule has 8 nitrogen and oxygen atoms in total. The Labute approximate surface area is 140 Å². The summed E-state index contributed by atoms with van der Waals surface area (Å²) < 4.78 is 14.5. The van der Waals surface area contributed by atoms with Crippen molar-refractivity contribution in [1.82, 2.24) is 4.90 Å². The van der Waals surface area contributed by atoms with E-state index in [4.69, 9.17) is 14.2 Å². The van der Waals surface area contributed by atoms with Gasteiger partial charge in [0.1, 0.15) is 0 Å². The molecule has 0 saturated heterocycles. The molecule has 0 aliphatic rings. The SMILES string of the molecule is CCOC(=O)/N=C(\c1cc[c]cc1)N(C(=O)OCC)C(=O)OCC. The van der Waals surface area contributed by atoms with Gasteiger partial charge in [-0.1, -0.05) is 24.3 Å². The maximum Gasteiger partial charge on any atom is 0.435 e. The van der Waals surface area contributed by atoms with Gasteiger partial charge in [0.05, 0.1) is 19.8 Å². The third-order valence-electron chi connectivity index (χ3n) is 2.55. The Morgan fingerprint density at radius 2 is 1.46 bits per heavy atom. The van der Waals surface area contributed by atoms with E-state index in [9.17, 15) is 14.4 Å². The van der Waals surface area contributed by atoms with Crippen molar-refractivity contribution in [2.75, 3.05) is 19.8 Å². The summed E-state index contributed by atoms with van der Waals surface area (Å²) in [6.07, 6.45) is -2.96. The lowest BCUT2D eigenvalue weighted by atomic mass is 10.2. The third-order valence-corrected chi connectivity index (χ3v) is 2.55. The maximum atomic E-state index is 12.2. The average Bonchev–Trinajstić information content (AvgIpc) is 2.56. The summed E-state index contributed by atoms with van der Waals surface area (Å²) in [7, 11) is 0. The number of imide groups is 1. The highest BCUT2D eigenvalue weighted by Crippen LogP contribution is 2.11. The highest BCUT2D eigenvalue weighted by Gasteiger charge is 2.31. The van der Waals surface area contributed by atoms with Crippen molar-refractivity contribution >= 4 is 24.1 Å². The Morgan fingerprint density at radius 3 is 1.92 bits per heavy atom. The van der Waals surface area contributed by atoms with Gasteiger partial charge in [0.25, 0.3) is 0 Å². The number of rotatable bonds is 4. The summed E-state index contributed by atoms with van der Waals surface area (Å²) in [4.78, 5) is 40.4. The van der Waals surface area contributed by atoms with Gasteiger partial charge in [-0.15, -0.1) is 0 Å². The second kappa shape index (κ2) is 9.98. The normalized spacial score (nSPS) is 10.7. The molecule has 0 unspecified atom stereocenters. The van der Waals surface area contributed by atoms with E-state index in [2.05, 4.69) is 11.1 Å². The van der Waals surface area contributed by atoms with Gasteiger partial charge in [0, 0.05) is 5.56 Å². The quantitative estimate of drug-likeness (QED) is 0.477. The molecule has 1 radical (unpaired) electrons. The Morgan fingerprint density at radius 1 is 0.958 bits per heavy atom. The van der Waals surface area contributed by atoms with Gasteiger partial charge in [-0.3, -0.25) is 0 Å². The van der Waals surface area contributed by atoms with E-state index < -0.39 is 18.3 Å². The second-order valence-electron chi connectivity index (χ2n) is 4.16. The topological polar surface area (TPSA) is 94.5 Å². The average molecular weight is 335 g/mol. The fourth-order valence-corrected chi connectivity index (χ4v) is 1.65. The zero-order valence-corrected chi connectivity index (χ0v) is 13.8. The lowest BCUT2D eigenvalue weighted by Crippen LogP contribution is -2.43. The summed E-state index contributed by atoms with van der Waals surface area (Å²) in [5.41, 5.74) is 0.322. The summed E-state index contributed by atoms with van der Waals surface area (Å²) in [5.74, 6) is -0.251. The van der Waals surface area contributed by atoms with Gasteiger partial charge in [-0.2, -0.15) is 9.89 Å². The second-order valence-corrected chi connectivity index (χ2v) is 4.16. The van der Waals surface area contributed by atoms with Crippen molar-refractivity contribution < 1.29 is 28.6 Å². The summed E-state index contributed by atoms with van der Waals surface area (Å²) in [6.45, 7) is 4.94. The van der Waals surface area contributed by atoms with Crippen molar-refractivity contribution in [3.8, 4) is 0 Å². The Balaban J connectivity index is 3.36. The molecular formula is C16H19N2O6. The highest BCUT2D eigenvalue weighted by molar-refractivity contribution is 6.17. The zero-order valence-electron chi connectivity index (χ0n) is 13.8. The molecule has 8 heteroatoms. The number of ether oxygens (including phenoxy) is 3. The number of amides is 3. The van der Waals surface area contributed by atoms with E-state index in [1.807, 2.05) is 0 Å². The lowest BCUT2D eigenvalue weighted by molar-refractivity contribution is 0.101. The Kier molecular flexibility index (Phi) is 7.97. The van der Waals surface area contributed by atoms with Crippen molar-refractivity contribution in [3.63, 3.8) is 0 Å². The molecule has 0 bridgehead atoms. The fraction of sp³-hybridized carbons (Fsp3) is 0.375. The van der Waals surface area contributed by atoms with Crippen LogP contribution in [0, 0.1) is 6.07 Å². The van der Waals surface area contributed by atoms with Crippen molar-refractivity contribution in [2.24, 2.45) is 4.99 Å². The van der Waals surface area contributed by atoms with Crippen LogP contribution in [0.4, 0.5) is 14.4 Å². The minimum Gasteiger partial charge on any atom is -0.449 e. The standard InChI is InChI=1S/C16H19N2O6/c1-4-22-14(19)17-13(12-10-8-7-9-11-12)18(15(20)23-5-2)16(21)24-6-3/h8-11H,4-6H2,1-3H3/b17-13+. The molecule has 3 amide bonds. The van der Waals surface area contributed by atoms with Gasteiger partial charge >= 0.3 is 18.3 Å². The van der Waals surface area contributed by atoms with E-state index in [-0.39, 0.29) is 25.7 Å². The lowest BCUT2D eigenvalue weighted by Gasteiger charge is -2.20. The smallest absolute Gasteiger partial charge is 0.435 e. The number of amidine groups is 1. The molecule has 0 atom stereocenters. The number of hydrogen-bond donors (Lipinski definition) is 0. The van der Waals surface area contributed by atoms with Crippen LogP contribution in [-0.2, 0) is 14.2 Å². The van der Waals surface area contributed by atoms with Gasteiger partial charge < -0.3 is 14.2 Å². The minimum absolute atomic E-state index is 0.0317. The molecule has 0 N–H and O–H groups in total. The molecule has 1 aromatic carbocycles. The van der Waals surface area contributed by atoms with Crippen LogP contribution in [0.3, 0.4) is 0 Å². The number of hydrogen-bond acceptors (Lipinski definition) is 6. The van der Waals surface area contributed by atoms with Crippen molar-refractivity contribution in [1.29, 1.82) is 0 Å². The summed E-state index contributed by atoms with van der Waals surface area (Å²) >= 11 is 0. The number of benzene rings is 1. The van der Waals surface area contributed by atoms with Crippen LogP contribution in [-0.4, -0.2) is 48.8 Å². The van der Waals surface area contributed by atoms with Crippen LogP contribution in [0.15, 0.2) is 29.3 Å². The van der Waals surface area contributed by atoms with E-state index in [0.29, 0.717) is 10.5 Å². The predicted molar refractivity (Wildman–Crippen MR) is 84.7 cm³/mol. The van der Waals surface area contributed by atoms with Crippen LogP contribution in [0.1, 0.15) is 26.3 Å². The number of carbonyl (C=O) groups excluding carboxylic acids is 3. The first-order chi connectivity index (χ1) is 11.5. The highest BCUT2D eigenvalue weighted by atomic mass is 16.6. The number of carbonyl (C=O) groups is 3. The predicted octanol–water partition coefficient (Wildman–Crippen LogP) is 3.00. The third kappa shape index (κ3) is 5.38. The monoisotopic (exact) mass is 335 g/mol. The molecule has 0 aliphatic heterocycles. The van der Waals surface area contributed by atoms with Crippen molar-refractivity contribution in [2.45, 2.75) is 20.8 Å². The Bertz CT molecular complexity index is 582. The zero-order chi connectivity index (χ0) is 17.9.